The van der Waals surface area contributed by atoms with E-state index in [2.05, 4.69) is 22.4 Å². The monoisotopic (exact) mass is 454 g/mol. The first kappa shape index (κ1) is 22.6. The van der Waals surface area contributed by atoms with E-state index >= 15 is 0 Å². The van der Waals surface area contributed by atoms with Crippen LogP contribution >= 0.6 is 11.3 Å². The topological polar surface area (TPSA) is 92.3 Å². The fourth-order valence-electron chi connectivity index (χ4n) is 5.09. The maximum atomic E-state index is 13.7. The van der Waals surface area contributed by atoms with Gasteiger partial charge in [-0.15, -0.1) is 10.2 Å². The van der Waals surface area contributed by atoms with Crippen LogP contribution in [-0.2, 0) is 27.2 Å². The van der Waals surface area contributed by atoms with Crippen molar-refractivity contribution in [3.05, 3.63) is 40.9 Å². The number of hydrogen-bond acceptors (Lipinski definition) is 6. The van der Waals surface area contributed by atoms with Crippen molar-refractivity contribution in [2.75, 3.05) is 5.32 Å². The summed E-state index contributed by atoms with van der Waals surface area (Å²) in [4.78, 5) is 41.9. The zero-order valence-electron chi connectivity index (χ0n) is 19.1. The molecule has 170 valence electrons. The molecule has 7 nitrogen and oxygen atoms in total. The normalized spacial score (nSPS) is 25.1. The quantitative estimate of drug-likeness (QED) is 0.642. The highest BCUT2D eigenvalue weighted by molar-refractivity contribution is 7.15. The Bertz CT molecular complexity index is 1030. The fourth-order valence-corrected chi connectivity index (χ4v) is 5.93. The van der Waals surface area contributed by atoms with E-state index in [4.69, 9.17) is 0 Å². The smallest absolute Gasteiger partial charge is 0.249 e. The summed E-state index contributed by atoms with van der Waals surface area (Å²) in [6.45, 7) is 7.99. The number of aromatic nitrogens is 2. The number of carbonyl (C=O) groups excluding carboxylic acids is 3. The average Bonchev–Trinajstić information content (AvgIpc) is 3.26. The standard InChI is InChI=1S/C24H30N4O3S/c1-5-9-18-26-27-22(32-18)25-19(29)17(14-15-10-7-6-8-11-15)28-20(30)16-12-13-24(4,21(28)31)23(16,2)3/h6-8,10-11,16-17H,5,9,12-14H2,1-4H3,(H,25,27,29). The Labute approximate surface area is 192 Å². The van der Waals surface area contributed by atoms with Crippen LogP contribution in [0.4, 0.5) is 5.13 Å². The summed E-state index contributed by atoms with van der Waals surface area (Å²) in [5.41, 5.74) is -0.211. The second kappa shape index (κ2) is 8.39. The second-order valence-corrected chi connectivity index (χ2v) is 10.7. The largest absolute Gasteiger partial charge is 0.299 e. The molecular formula is C24H30N4O3S. The molecule has 2 aliphatic rings. The van der Waals surface area contributed by atoms with Gasteiger partial charge in [-0.1, -0.05) is 69.4 Å². The molecule has 8 heteroatoms. The Morgan fingerprint density at radius 3 is 2.62 bits per heavy atom. The van der Waals surface area contributed by atoms with Crippen molar-refractivity contribution in [1.29, 1.82) is 0 Å². The summed E-state index contributed by atoms with van der Waals surface area (Å²) in [5.74, 6) is -1.16. The lowest BCUT2D eigenvalue weighted by Crippen LogP contribution is -2.64. The molecule has 1 saturated heterocycles. The summed E-state index contributed by atoms with van der Waals surface area (Å²) >= 11 is 1.33. The number of imide groups is 1. The predicted molar refractivity (Wildman–Crippen MR) is 123 cm³/mol. The maximum absolute atomic E-state index is 13.7. The van der Waals surface area contributed by atoms with Crippen LogP contribution in [0.1, 0.15) is 57.5 Å². The van der Waals surface area contributed by atoms with Crippen molar-refractivity contribution in [1.82, 2.24) is 15.1 Å². The average molecular weight is 455 g/mol. The number of rotatable bonds is 7. The van der Waals surface area contributed by atoms with Crippen molar-refractivity contribution in [2.24, 2.45) is 16.7 Å². The molecule has 2 bridgehead atoms. The molecule has 1 aromatic heterocycles. The number of fused-ring (bicyclic) bond motifs is 2. The van der Waals surface area contributed by atoms with Crippen LogP contribution in [0.5, 0.6) is 0 Å². The highest BCUT2D eigenvalue weighted by Crippen LogP contribution is 2.60. The van der Waals surface area contributed by atoms with Crippen molar-refractivity contribution in [3.8, 4) is 0 Å². The molecule has 32 heavy (non-hydrogen) atoms. The first-order valence-electron chi connectivity index (χ1n) is 11.2. The third-order valence-electron chi connectivity index (χ3n) is 7.50. The number of nitrogens with zero attached hydrogens (tertiary/aromatic N) is 3. The highest BCUT2D eigenvalue weighted by Gasteiger charge is 2.65. The van der Waals surface area contributed by atoms with Gasteiger partial charge in [0, 0.05) is 18.8 Å². The minimum absolute atomic E-state index is 0.241. The molecule has 1 aromatic carbocycles. The van der Waals surface area contributed by atoms with Crippen LogP contribution < -0.4 is 5.32 Å². The summed E-state index contributed by atoms with van der Waals surface area (Å²) in [6.07, 6.45) is 3.31. The van der Waals surface area contributed by atoms with Crippen LogP contribution in [0.3, 0.4) is 0 Å². The molecule has 0 spiro atoms. The van der Waals surface area contributed by atoms with Crippen molar-refractivity contribution >= 4 is 34.2 Å². The number of anilines is 1. The zero-order valence-corrected chi connectivity index (χ0v) is 19.9. The zero-order chi connectivity index (χ0) is 23.1. The number of nitrogens with one attached hydrogen (secondary N) is 1. The molecule has 2 heterocycles. The SMILES string of the molecule is CCCc1nnc(NC(=O)C(Cc2ccccc2)N2C(=O)C3CCC(C)(C2=O)C3(C)C)s1. The Morgan fingerprint density at radius 2 is 1.94 bits per heavy atom. The van der Waals surface area contributed by atoms with Crippen molar-refractivity contribution < 1.29 is 14.4 Å². The molecule has 3 atom stereocenters. The van der Waals surface area contributed by atoms with Gasteiger partial charge in [0.15, 0.2) is 0 Å². The number of aryl methyl sites for hydroxylation is 1. The molecule has 2 fully saturated rings. The van der Waals surface area contributed by atoms with E-state index in [1.807, 2.05) is 51.1 Å². The van der Waals surface area contributed by atoms with E-state index in [0.717, 1.165) is 23.4 Å². The first-order chi connectivity index (χ1) is 15.2. The second-order valence-electron chi connectivity index (χ2n) is 9.60. The molecule has 1 saturated carbocycles. The Hall–Kier alpha value is -2.61. The van der Waals surface area contributed by atoms with Crippen LogP contribution in [-0.4, -0.2) is 38.9 Å². The third kappa shape index (κ3) is 3.64. The third-order valence-corrected chi connectivity index (χ3v) is 8.40. The number of piperidine rings is 1. The molecule has 1 aliphatic heterocycles. The van der Waals surface area contributed by atoms with E-state index in [-0.39, 0.29) is 24.2 Å². The van der Waals surface area contributed by atoms with Gasteiger partial charge < -0.3 is 0 Å². The summed E-state index contributed by atoms with van der Waals surface area (Å²) < 4.78 is 0. The maximum Gasteiger partial charge on any atom is 0.249 e. The molecule has 1 N–H and O–H groups in total. The van der Waals surface area contributed by atoms with E-state index in [1.165, 1.54) is 16.2 Å². The van der Waals surface area contributed by atoms with Gasteiger partial charge in [0.25, 0.3) is 0 Å². The summed E-state index contributed by atoms with van der Waals surface area (Å²) in [5, 5.41) is 12.3. The Kier molecular flexibility index (Phi) is 5.92. The van der Waals surface area contributed by atoms with Crippen LogP contribution in [0, 0.1) is 16.7 Å². The van der Waals surface area contributed by atoms with E-state index in [0.29, 0.717) is 18.0 Å². The molecule has 2 aromatic rings. The van der Waals surface area contributed by atoms with E-state index in [9.17, 15) is 14.4 Å². The molecule has 4 rings (SSSR count). The number of hydrogen-bond donors (Lipinski definition) is 1. The fraction of sp³-hybridized carbons (Fsp3) is 0.542. The predicted octanol–water partition coefficient (Wildman–Crippen LogP) is 3.85. The van der Waals surface area contributed by atoms with Crippen molar-refractivity contribution in [2.45, 2.75) is 65.8 Å². The lowest BCUT2D eigenvalue weighted by atomic mass is 9.62. The van der Waals surface area contributed by atoms with E-state index in [1.54, 1.807) is 0 Å². The van der Waals surface area contributed by atoms with Crippen molar-refractivity contribution in [3.63, 3.8) is 0 Å². The van der Waals surface area contributed by atoms with Gasteiger partial charge in [-0.2, -0.15) is 0 Å². The summed E-state index contributed by atoms with van der Waals surface area (Å²) in [7, 11) is 0. The highest BCUT2D eigenvalue weighted by atomic mass is 32.1. The Balaban J connectivity index is 1.67. The molecule has 3 unspecified atom stereocenters. The first-order valence-corrected chi connectivity index (χ1v) is 12.1. The van der Waals surface area contributed by atoms with Gasteiger partial charge in [-0.25, -0.2) is 0 Å². The van der Waals surface area contributed by atoms with Gasteiger partial charge in [-0.05, 0) is 30.2 Å². The van der Waals surface area contributed by atoms with Gasteiger partial charge >= 0.3 is 0 Å². The molecule has 3 amide bonds. The van der Waals surface area contributed by atoms with Crippen LogP contribution in [0.2, 0.25) is 0 Å². The molecular weight excluding hydrogens is 424 g/mol. The Morgan fingerprint density at radius 1 is 1.22 bits per heavy atom. The minimum atomic E-state index is -0.938. The number of benzene rings is 1. The van der Waals surface area contributed by atoms with Gasteiger partial charge in [0.2, 0.25) is 22.9 Å². The lowest BCUT2D eigenvalue weighted by Gasteiger charge is -2.49. The number of likely N-dealkylation sites (tertiary alicyclic amines) is 1. The van der Waals surface area contributed by atoms with Gasteiger partial charge in [0.1, 0.15) is 11.0 Å². The minimum Gasteiger partial charge on any atom is -0.299 e. The molecule has 0 radical (unpaired) electrons. The lowest BCUT2D eigenvalue weighted by molar-refractivity contribution is -0.172. The number of carbonyl (C=O) groups is 3. The van der Waals surface area contributed by atoms with Gasteiger partial charge in [0.05, 0.1) is 5.41 Å². The molecule has 1 aliphatic carbocycles. The van der Waals surface area contributed by atoms with Crippen LogP contribution in [0.15, 0.2) is 30.3 Å². The van der Waals surface area contributed by atoms with Crippen LogP contribution in [0.25, 0.3) is 0 Å². The number of amides is 3. The summed E-state index contributed by atoms with van der Waals surface area (Å²) in [6, 6.07) is 8.55. The van der Waals surface area contributed by atoms with E-state index < -0.39 is 22.8 Å². The van der Waals surface area contributed by atoms with Gasteiger partial charge in [-0.3, -0.25) is 24.6 Å².